The van der Waals surface area contributed by atoms with Crippen molar-refractivity contribution in [1.29, 1.82) is 0 Å². The van der Waals surface area contributed by atoms with Gasteiger partial charge in [-0.3, -0.25) is 0 Å². The lowest BCUT2D eigenvalue weighted by Gasteiger charge is -2.10. The number of phenols is 1. The van der Waals surface area contributed by atoms with Crippen molar-refractivity contribution in [3.8, 4) is 11.5 Å². The minimum atomic E-state index is 0.265. The highest BCUT2D eigenvalue weighted by molar-refractivity contribution is 5.38. The van der Waals surface area contributed by atoms with Gasteiger partial charge in [0, 0.05) is 6.42 Å². The Labute approximate surface area is 112 Å². The van der Waals surface area contributed by atoms with Gasteiger partial charge in [0.15, 0.2) is 0 Å². The summed E-state index contributed by atoms with van der Waals surface area (Å²) in [5.74, 6) is 1.20. The Morgan fingerprint density at radius 3 is 2.58 bits per heavy atom. The third-order valence-corrected chi connectivity index (χ3v) is 3.13. The van der Waals surface area contributed by atoms with Crippen molar-refractivity contribution in [3.63, 3.8) is 0 Å². The molecule has 98 valence electrons. The molecule has 0 aliphatic carbocycles. The maximum atomic E-state index is 9.29. The Kier molecular flexibility index (Phi) is 3.38. The molecule has 3 nitrogen and oxygen atoms in total. The minimum absolute atomic E-state index is 0.265. The zero-order valence-electron chi connectivity index (χ0n) is 10.6. The monoisotopic (exact) mass is 256 g/mol. The second kappa shape index (κ2) is 5.33. The number of benzene rings is 2. The van der Waals surface area contributed by atoms with Crippen LogP contribution in [-0.2, 0) is 11.2 Å². The van der Waals surface area contributed by atoms with Gasteiger partial charge < -0.3 is 14.6 Å². The van der Waals surface area contributed by atoms with Crippen molar-refractivity contribution in [2.45, 2.75) is 12.5 Å². The summed E-state index contributed by atoms with van der Waals surface area (Å²) < 4.78 is 10.9. The first kappa shape index (κ1) is 12.1. The SMILES string of the molecule is Oc1ccc(Cc2ccccc2OCC2CO2)cc1. The number of hydrogen-bond donors (Lipinski definition) is 1. The van der Waals surface area contributed by atoms with Gasteiger partial charge in [-0.05, 0) is 29.3 Å². The van der Waals surface area contributed by atoms with Crippen LogP contribution in [0, 0.1) is 0 Å². The fourth-order valence-electron chi connectivity index (χ4n) is 1.97. The summed E-state index contributed by atoms with van der Waals surface area (Å²) in [6.07, 6.45) is 1.06. The van der Waals surface area contributed by atoms with Crippen LogP contribution in [0.25, 0.3) is 0 Å². The molecule has 3 heteroatoms. The van der Waals surface area contributed by atoms with E-state index < -0.39 is 0 Å². The first-order chi connectivity index (χ1) is 9.31. The van der Waals surface area contributed by atoms with E-state index in [9.17, 15) is 5.11 Å². The second-order valence-corrected chi connectivity index (χ2v) is 4.72. The Balaban J connectivity index is 1.73. The summed E-state index contributed by atoms with van der Waals surface area (Å²) in [4.78, 5) is 0. The van der Waals surface area contributed by atoms with Crippen molar-refractivity contribution in [1.82, 2.24) is 0 Å². The predicted molar refractivity (Wildman–Crippen MR) is 72.6 cm³/mol. The van der Waals surface area contributed by atoms with E-state index in [4.69, 9.17) is 9.47 Å². The van der Waals surface area contributed by atoms with Crippen LogP contribution in [0.3, 0.4) is 0 Å². The maximum absolute atomic E-state index is 9.29. The highest BCUT2D eigenvalue weighted by Crippen LogP contribution is 2.23. The lowest BCUT2D eigenvalue weighted by Crippen LogP contribution is -2.06. The molecule has 0 saturated carbocycles. The molecule has 0 spiro atoms. The number of aromatic hydroxyl groups is 1. The van der Waals surface area contributed by atoms with Gasteiger partial charge in [0.25, 0.3) is 0 Å². The summed E-state index contributed by atoms with van der Waals surface area (Å²) in [6.45, 7) is 1.42. The molecule has 1 saturated heterocycles. The van der Waals surface area contributed by atoms with Crippen molar-refractivity contribution in [2.75, 3.05) is 13.2 Å². The largest absolute Gasteiger partial charge is 0.508 e. The van der Waals surface area contributed by atoms with Crippen molar-refractivity contribution >= 4 is 0 Å². The Morgan fingerprint density at radius 1 is 1.11 bits per heavy atom. The third-order valence-electron chi connectivity index (χ3n) is 3.13. The van der Waals surface area contributed by atoms with Gasteiger partial charge in [-0.15, -0.1) is 0 Å². The topological polar surface area (TPSA) is 42.0 Å². The van der Waals surface area contributed by atoms with E-state index in [1.165, 1.54) is 0 Å². The van der Waals surface area contributed by atoms with Crippen LogP contribution in [0.2, 0.25) is 0 Å². The van der Waals surface area contributed by atoms with Crippen LogP contribution in [0.1, 0.15) is 11.1 Å². The van der Waals surface area contributed by atoms with Crippen LogP contribution in [0.4, 0.5) is 0 Å². The lowest BCUT2D eigenvalue weighted by atomic mass is 10.0. The third kappa shape index (κ3) is 3.26. The molecule has 1 N–H and O–H groups in total. The fraction of sp³-hybridized carbons (Fsp3) is 0.250. The molecule has 1 heterocycles. The molecule has 0 amide bonds. The van der Waals surface area contributed by atoms with Crippen molar-refractivity contribution in [3.05, 3.63) is 59.7 Å². The molecule has 1 atom stereocenters. The molecule has 0 bridgehead atoms. The first-order valence-corrected chi connectivity index (χ1v) is 6.41. The fourth-order valence-corrected chi connectivity index (χ4v) is 1.97. The summed E-state index contributed by atoms with van der Waals surface area (Å²) in [7, 11) is 0. The van der Waals surface area contributed by atoms with Crippen LogP contribution in [0.15, 0.2) is 48.5 Å². The number of hydrogen-bond acceptors (Lipinski definition) is 3. The predicted octanol–water partition coefficient (Wildman–Crippen LogP) is 2.76. The average Bonchev–Trinajstić information content (AvgIpc) is 3.25. The number of ether oxygens (including phenoxy) is 2. The van der Waals surface area contributed by atoms with E-state index in [0.29, 0.717) is 12.4 Å². The van der Waals surface area contributed by atoms with E-state index in [-0.39, 0.29) is 6.10 Å². The number of phenolic OH excluding ortho intramolecular Hbond substituents is 1. The first-order valence-electron chi connectivity index (χ1n) is 6.41. The molecule has 2 aromatic carbocycles. The van der Waals surface area contributed by atoms with Gasteiger partial charge in [0.1, 0.15) is 24.2 Å². The molecule has 1 aliphatic rings. The maximum Gasteiger partial charge on any atom is 0.122 e. The lowest BCUT2D eigenvalue weighted by molar-refractivity contribution is 0.261. The average molecular weight is 256 g/mol. The van der Waals surface area contributed by atoms with E-state index >= 15 is 0 Å². The molecule has 3 rings (SSSR count). The Bertz CT molecular complexity index is 544. The summed E-state index contributed by atoms with van der Waals surface area (Å²) in [5, 5.41) is 9.29. The van der Waals surface area contributed by atoms with Gasteiger partial charge >= 0.3 is 0 Å². The Morgan fingerprint density at radius 2 is 1.84 bits per heavy atom. The highest BCUT2D eigenvalue weighted by atomic mass is 16.6. The van der Waals surface area contributed by atoms with Crippen LogP contribution in [0.5, 0.6) is 11.5 Å². The second-order valence-electron chi connectivity index (χ2n) is 4.72. The van der Waals surface area contributed by atoms with Crippen molar-refractivity contribution in [2.24, 2.45) is 0 Å². The molecule has 1 aliphatic heterocycles. The molecular weight excluding hydrogens is 240 g/mol. The number of para-hydroxylation sites is 1. The summed E-state index contributed by atoms with van der Waals surface area (Å²) in [6, 6.07) is 15.3. The van der Waals surface area contributed by atoms with E-state index in [0.717, 1.165) is 29.9 Å². The molecule has 1 unspecified atom stereocenters. The molecule has 0 radical (unpaired) electrons. The quantitative estimate of drug-likeness (QED) is 0.836. The molecule has 1 fully saturated rings. The van der Waals surface area contributed by atoms with Gasteiger partial charge in [0.05, 0.1) is 6.61 Å². The molecule has 0 aromatic heterocycles. The Hall–Kier alpha value is -2.00. The molecule has 2 aromatic rings. The van der Waals surface area contributed by atoms with Gasteiger partial charge in [-0.25, -0.2) is 0 Å². The standard InChI is InChI=1S/C16H16O3/c17-14-7-5-12(6-8-14)9-13-3-1-2-4-16(13)19-11-15-10-18-15/h1-8,15,17H,9-11H2. The minimum Gasteiger partial charge on any atom is -0.508 e. The van der Waals surface area contributed by atoms with Crippen LogP contribution >= 0.6 is 0 Å². The van der Waals surface area contributed by atoms with Gasteiger partial charge in [-0.1, -0.05) is 30.3 Å². The van der Waals surface area contributed by atoms with E-state index in [1.54, 1.807) is 12.1 Å². The van der Waals surface area contributed by atoms with E-state index in [1.807, 2.05) is 30.3 Å². The van der Waals surface area contributed by atoms with Crippen molar-refractivity contribution < 1.29 is 14.6 Å². The van der Waals surface area contributed by atoms with Crippen LogP contribution < -0.4 is 4.74 Å². The van der Waals surface area contributed by atoms with Gasteiger partial charge in [0.2, 0.25) is 0 Å². The zero-order valence-corrected chi connectivity index (χ0v) is 10.6. The number of rotatable bonds is 5. The highest BCUT2D eigenvalue weighted by Gasteiger charge is 2.23. The van der Waals surface area contributed by atoms with Crippen LogP contribution in [-0.4, -0.2) is 24.4 Å². The van der Waals surface area contributed by atoms with E-state index in [2.05, 4.69) is 6.07 Å². The smallest absolute Gasteiger partial charge is 0.122 e. The molecular formula is C16H16O3. The summed E-state index contributed by atoms with van der Waals surface area (Å²) >= 11 is 0. The summed E-state index contributed by atoms with van der Waals surface area (Å²) in [5.41, 5.74) is 2.30. The number of epoxide rings is 1. The normalized spacial score (nSPS) is 17.2. The van der Waals surface area contributed by atoms with Gasteiger partial charge in [-0.2, -0.15) is 0 Å². The zero-order chi connectivity index (χ0) is 13.1. The molecule has 19 heavy (non-hydrogen) atoms.